The molecule has 1 heterocycles. The number of hydrogen-bond acceptors (Lipinski definition) is 3. The Morgan fingerprint density at radius 1 is 0.880 bits per heavy atom. The summed E-state index contributed by atoms with van der Waals surface area (Å²) in [4.78, 5) is 0. The first-order valence-corrected chi connectivity index (χ1v) is 11.5. The van der Waals surface area contributed by atoms with Gasteiger partial charge in [-0.1, -0.05) is 56.3 Å². The predicted octanol–water partition coefficient (Wildman–Crippen LogP) is 6.39. The Hall–Kier alpha value is -2.33. The van der Waals surface area contributed by atoms with Crippen molar-refractivity contribution in [1.29, 1.82) is 0 Å². The summed E-state index contributed by atoms with van der Waals surface area (Å²) >= 11 is 0. The monoisotopic (exact) mass is 351 g/mol. The van der Waals surface area contributed by atoms with Crippen molar-refractivity contribution in [2.24, 2.45) is 0 Å². The molecule has 0 saturated carbocycles. The summed E-state index contributed by atoms with van der Waals surface area (Å²) < 4.78 is 11.6. The number of aromatic nitrogens is 1. The molecule has 0 saturated heterocycles. The van der Waals surface area contributed by atoms with Gasteiger partial charge in [-0.05, 0) is 48.0 Å². The minimum Gasteiger partial charge on any atom is -0.544 e. The van der Waals surface area contributed by atoms with E-state index in [1.54, 1.807) is 6.26 Å². The van der Waals surface area contributed by atoms with E-state index in [-0.39, 0.29) is 5.04 Å². The van der Waals surface area contributed by atoms with Crippen LogP contribution in [0.3, 0.4) is 0 Å². The lowest BCUT2D eigenvalue weighted by molar-refractivity contribution is 0.422. The predicted molar refractivity (Wildman–Crippen MR) is 105 cm³/mol. The first kappa shape index (κ1) is 17.5. The summed E-state index contributed by atoms with van der Waals surface area (Å²) in [7, 11) is -1.83. The smallest absolute Gasteiger partial charge is 0.250 e. The highest BCUT2D eigenvalue weighted by molar-refractivity contribution is 6.74. The van der Waals surface area contributed by atoms with Crippen LogP contribution in [0.5, 0.6) is 5.75 Å². The van der Waals surface area contributed by atoms with Crippen LogP contribution >= 0.6 is 0 Å². The fourth-order valence-corrected chi connectivity index (χ4v) is 3.43. The average molecular weight is 352 g/mol. The lowest BCUT2D eigenvalue weighted by Gasteiger charge is -2.36. The van der Waals surface area contributed by atoms with E-state index in [2.05, 4.69) is 51.2 Å². The zero-order valence-electron chi connectivity index (χ0n) is 15.5. The van der Waals surface area contributed by atoms with E-state index in [9.17, 15) is 0 Å². The van der Waals surface area contributed by atoms with Gasteiger partial charge in [0.1, 0.15) is 17.7 Å². The zero-order valence-corrected chi connectivity index (χ0v) is 16.5. The SMILES string of the molecule is CC(C)(C)[Si](C)(C)Oc1ccc(-c2nocc2-c2ccccc2)cc1. The van der Waals surface area contributed by atoms with Gasteiger partial charge in [0, 0.05) is 11.1 Å². The second kappa shape index (κ2) is 6.52. The van der Waals surface area contributed by atoms with Crippen LogP contribution in [0.1, 0.15) is 20.8 Å². The van der Waals surface area contributed by atoms with Crippen LogP contribution < -0.4 is 4.43 Å². The normalized spacial score (nSPS) is 12.2. The van der Waals surface area contributed by atoms with Gasteiger partial charge in [0.15, 0.2) is 0 Å². The Morgan fingerprint density at radius 2 is 1.52 bits per heavy atom. The third-order valence-corrected chi connectivity index (χ3v) is 9.32. The summed E-state index contributed by atoms with van der Waals surface area (Å²) in [5, 5.41) is 4.38. The molecule has 0 bridgehead atoms. The fourth-order valence-electron chi connectivity index (χ4n) is 2.40. The third-order valence-electron chi connectivity index (χ3n) is 4.96. The standard InChI is InChI=1S/C21H25NO2Si/c1-21(2,3)25(4,5)24-18-13-11-17(12-14-18)20-19(15-23-22-20)16-9-7-6-8-10-16/h6-15H,1-5H3. The van der Waals surface area contributed by atoms with Gasteiger partial charge in [-0.3, -0.25) is 0 Å². The minimum absolute atomic E-state index is 0.179. The van der Waals surface area contributed by atoms with E-state index >= 15 is 0 Å². The van der Waals surface area contributed by atoms with Gasteiger partial charge in [-0.2, -0.15) is 0 Å². The lowest BCUT2D eigenvalue weighted by atomic mass is 10.0. The van der Waals surface area contributed by atoms with Gasteiger partial charge in [-0.25, -0.2) is 0 Å². The number of nitrogens with zero attached hydrogens (tertiary/aromatic N) is 1. The summed E-state index contributed by atoms with van der Waals surface area (Å²) in [6, 6.07) is 18.3. The fraction of sp³-hybridized carbons (Fsp3) is 0.286. The largest absolute Gasteiger partial charge is 0.544 e. The van der Waals surface area contributed by atoms with Crippen molar-refractivity contribution in [1.82, 2.24) is 5.16 Å². The first-order valence-electron chi connectivity index (χ1n) is 8.57. The molecule has 1 aromatic heterocycles. The Labute approximate surface area is 150 Å². The van der Waals surface area contributed by atoms with Gasteiger partial charge in [0.05, 0.1) is 0 Å². The maximum atomic E-state index is 6.35. The lowest BCUT2D eigenvalue weighted by Crippen LogP contribution is -2.43. The van der Waals surface area contributed by atoms with Gasteiger partial charge in [0.25, 0.3) is 0 Å². The molecule has 130 valence electrons. The Kier molecular flexibility index (Phi) is 4.56. The molecule has 0 atom stereocenters. The zero-order chi connectivity index (χ0) is 18.1. The van der Waals surface area contributed by atoms with Crippen molar-refractivity contribution >= 4 is 8.32 Å². The van der Waals surface area contributed by atoms with Crippen LogP contribution in [0.25, 0.3) is 22.4 Å². The van der Waals surface area contributed by atoms with Crippen LogP contribution in [0.2, 0.25) is 18.1 Å². The molecule has 3 aromatic rings. The van der Waals surface area contributed by atoms with Gasteiger partial charge < -0.3 is 8.95 Å². The Balaban J connectivity index is 1.86. The molecule has 0 aliphatic carbocycles. The molecule has 0 aliphatic rings. The van der Waals surface area contributed by atoms with Crippen molar-refractivity contribution in [3.8, 4) is 28.1 Å². The number of benzene rings is 2. The maximum absolute atomic E-state index is 6.35. The Morgan fingerprint density at radius 3 is 2.12 bits per heavy atom. The third kappa shape index (κ3) is 3.69. The van der Waals surface area contributed by atoms with E-state index in [1.807, 2.05) is 42.5 Å². The van der Waals surface area contributed by atoms with Gasteiger partial charge in [-0.15, -0.1) is 0 Å². The molecular formula is C21H25NO2Si. The van der Waals surface area contributed by atoms with Crippen LogP contribution in [0, 0.1) is 0 Å². The summed E-state index contributed by atoms with van der Waals surface area (Å²) in [6.45, 7) is 11.2. The molecule has 0 aliphatic heterocycles. The molecular weight excluding hydrogens is 326 g/mol. The second-order valence-corrected chi connectivity index (χ2v) is 12.6. The molecule has 0 spiro atoms. The quantitative estimate of drug-likeness (QED) is 0.511. The number of hydrogen-bond donors (Lipinski definition) is 0. The molecule has 0 fully saturated rings. The number of rotatable bonds is 4. The van der Waals surface area contributed by atoms with E-state index < -0.39 is 8.32 Å². The topological polar surface area (TPSA) is 35.3 Å². The van der Waals surface area contributed by atoms with Crippen LogP contribution in [-0.4, -0.2) is 13.5 Å². The molecule has 3 nitrogen and oxygen atoms in total. The van der Waals surface area contributed by atoms with Gasteiger partial charge >= 0.3 is 0 Å². The first-order chi connectivity index (χ1) is 11.8. The molecule has 2 aromatic carbocycles. The molecule has 0 N–H and O–H groups in total. The highest BCUT2D eigenvalue weighted by Gasteiger charge is 2.38. The molecule has 0 amide bonds. The molecule has 4 heteroatoms. The average Bonchev–Trinajstić information content (AvgIpc) is 3.04. The van der Waals surface area contributed by atoms with Crippen LogP contribution in [0.4, 0.5) is 0 Å². The van der Waals surface area contributed by atoms with Crippen molar-refractivity contribution in [3.05, 3.63) is 60.9 Å². The summed E-state index contributed by atoms with van der Waals surface area (Å²) in [5.41, 5.74) is 3.97. The minimum atomic E-state index is -1.83. The Bertz CT molecular complexity index is 830. The second-order valence-electron chi connectivity index (χ2n) is 7.83. The molecule has 3 rings (SSSR count). The maximum Gasteiger partial charge on any atom is 0.250 e. The highest BCUT2D eigenvalue weighted by Crippen LogP contribution is 2.38. The van der Waals surface area contributed by atoms with Crippen molar-refractivity contribution < 1.29 is 8.95 Å². The summed E-state index contributed by atoms with van der Waals surface area (Å²) in [5.74, 6) is 0.917. The van der Waals surface area contributed by atoms with E-state index in [0.717, 1.165) is 28.1 Å². The summed E-state index contributed by atoms with van der Waals surface area (Å²) in [6.07, 6.45) is 1.70. The molecule has 0 radical (unpaired) electrons. The van der Waals surface area contributed by atoms with E-state index in [4.69, 9.17) is 8.95 Å². The van der Waals surface area contributed by atoms with E-state index in [0.29, 0.717) is 0 Å². The van der Waals surface area contributed by atoms with Crippen molar-refractivity contribution in [2.75, 3.05) is 0 Å². The molecule has 0 unspecified atom stereocenters. The van der Waals surface area contributed by atoms with Crippen molar-refractivity contribution in [2.45, 2.75) is 38.9 Å². The van der Waals surface area contributed by atoms with Gasteiger partial charge in [0.2, 0.25) is 8.32 Å². The van der Waals surface area contributed by atoms with Crippen LogP contribution in [0.15, 0.2) is 65.4 Å². The van der Waals surface area contributed by atoms with E-state index in [1.165, 1.54) is 0 Å². The molecule has 25 heavy (non-hydrogen) atoms. The van der Waals surface area contributed by atoms with Crippen LogP contribution in [-0.2, 0) is 0 Å². The highest BCUT2D eigenvalue weighted by atomic mass is 28.4. The van der Waals surface area contributed by atoms with Crippen molar-refractivity contribution in [3.63, 3.8) is 0 Å².